The van der Waals surface area contributed by atoms with Gasteiger partial charge in [-0.2, -0.15) is 4.74 Å². The molecule has 0 unspecified atom stereocenters. The van der Waals surface area contributed by atoms with Crippen molar-refractivity contribution in [1.29, 1.82) is 0 Å². The van der Waals surface area contributed by atoms with Crippen molar-refractivity contribution in [2.75, 3.05) is 26.3 Å². The summed E-state index contributed by atoms with van der Waals surface area (Å²) in [5.74, 6) is 0. The van der Waals surface area contributed by atoms with Gasteiger partial charge in [-0.25, -0.2) is 9.53 Å². The Morgan fingerprint density at radius 3 is 2.90 bits per heavy atom. The molecule has 1 aromatic heterocycles. The van der Waals surface area contributed by atoms with E-state index in [9.17, 15) is 10.3 Å². The first kappa shape index (κ1) is 12.2. The Morgan fingerprint density at radius 1 is 1.30 bits per heavy atom. The number of fused-ring (bicyclic) bond motifs is 3. The lowest BCUT2D eigenvalue weighted by atomic mass is 9.82. The SMILES string of the molecule is [O-][N+]1=C2CCc3nonc3[C@]2(O)C[C@@H]1N1CCOCC1. The van der Waals surface area contributed by atoms with Crippen LogP contribution < -0.4 is 0 Å². The first-order valence-corrected chi connectivity index (χ1v) is 6.89. The summed E-state index contributed by atoms with van der Waals surface area (Å²) in [4.78, 5) is 2.06. The zero-order chi connectivity index (χ0) is 13.7. The number of nitrogens with zero attached hydrogens (tertiary/aromatic N) is 4. The van der Waals surface area contributed by atoms with E-state index in [1.165, 1.54) is 0 Å². The van der Waals surface area contributed by atoms with Crippen LogP contribution in [0.25, 0.3) is 0 Å². The number of ether oxygens (including phenoxy) is 1. The summed E-state index contributed by atoms with van der Waals surface area (Å²) in [6.07, 6.45) is 1.04. The quantitative estimate of drug-likeness (QED) is 0.532. The fourth-order valence-corrected chi connectivity index (χ4v) is 3.45. The molecule has 4 rings (SSSR count). The molecule has 3 aliphatic rings. The maximum atomic E-state index is 12.5. The number of aliphatic hydroxyl groups is 1. The van der Waals surface area contributed by atoms with E-state index >= 15 is 0 Å². The lowest BCUT2D eigenvalue weighted by Crippen LogP contribution is -2.47. The van der Waals surface area contributed by atoms with Gasteiger partial charge in [-0.05, 0) is 0 Å². The maximum absolute atomic E-state index is 12.5. The van der Waals surface area contributed by atoms with Gasteiger partial charge in [-0.1, -0.05) is 10.3 Å². The molecule has 1 aliphatic carbocycles. The van der Waals surface area contributed by atoms with Gasteiger partial charge in [0.2, 0.25) is 17.5 Å². The Labute approximate surface area is 115 Å². The summed E-state index contributed by atoms with van der Waals surface area (Å²) in [6.45, 7) is 2.65. The minimum absolute atomic E-state index is 0.313. The molecule has 1 aromatic rings. The van der Waals surface area contributed by atoms with Crippen LogP contribution in [0.2, 0.25) is 0 Å². The van der Waals surface area contributed by atoms with E-state index in [2.05, 4.69) is 15.2 Å². The van der Waals surface area contributed by atoms with Crippen LogP contribution in [-0.4, -0.2) is 63.2 Å². The number of hydrogen-bond acceptors (Lipinski definition) is 7. The number of rotatable bonds is 1. The second-order valence-corrected chi connectivity index (χ2v) is 5.53. The summed E-state index contributed by atoms with van der Waals surface area (Å²) in [6, 6.07) is 0. The Hall–Kier alpha value is -1.51. The monoisotopic (exact) mass is 280 g/mol. The van der Waals surface area contributed by atoms with Crippen LogP contribution in [0.1, 0.15) is 24.2 Å². The topological polar surface area (TPSA) is 97.7 Å². The molecule has 3 heterocycles. The van der Waals surface area contributed by atoms with Gasteiger partial charge in [0.1, 0.15) is 5.69 Å². The van der Waals surface area contributed by atoms with Gasteiger partial charge in [-0.3, -0.25) is 0 Å². The fourth-order valence-electron chi connectivity index (χ4n) is 3.45. The number of aromatic nitrogens is 2. The first-order chi connectivity index (χ1) is 9.70. The molecule has 2 atom stereocenters. The van der Waals surface area contributed by atoms with Crippen molar-refractivity contribution in [3.8, 4) is 0 Å². The van der Waals surface area contributed by atoms with Crippen molar-refractivity contribution in [3.63, 3.8) is 0 Å². The van der Waals surface area contributed by atoms with Crippen LogP contribution in [0.4, 0.5) is 0 Å². The molecule has 0 spiro atoms. The first-order valence-electron chi connectivity index (χ1n) is 6.89. The zero-order valence-corrected chi connectivity index (χ0v) is 11.0. The molecule has 2 aliphatic heterocycles. The Bertz CT molecular complexity index is 566. The lowest BCUT2D eigenvalue weighted by Gasteiger charge is -2.30. The summed E-state index contributed by atoms with van der Waals surface area (Å²) < 4.78 is 11.0. The fraction of sp³-hybridized carbons (Fsp3) is 0.750. The predicted octanol–water partition coefficient (Wildman–Crippen LogP) is -0.783. The Morgan fingerprint density at radius 2 is 2.10 bits per heavy atom. The van der Waals surface area contributed by atoms with Crippen LogP contribution in [0.3, 0.4) is 0 Å². The van der Waals surface area contributed by atoms with Crippen LogP contribution >= 0.6 is 0 Å². The van der Waals surface area contributed by atoms with E-state index < -0.39 is 5.60 Å². The van der Waals surface area contributed by atoms with Gasteiger partial charge in [0.15, 0.2) is 5.69 Å². The van der Waals surface area contributed by atoms with E-state index in [4.69, 9.17) is 9.37 Å². The molecular weight excluding hydrogens is 264 g/mol. The number of hydroxylamine groups is 1. The van der Waals surface area contributed by atoms with E-state index in [1.807, 2.05) is 0 Å². The molecule has 0 saturated carbocycles. The zero-order valence-electron chi connectivity index (χ0n) is 11.0. The van der Waals surface area contributed by atoms with Gasteiger partial charge >= 0.3 is 0 Å². The normalized spacial score (nSPS) is 34.1. The molecule has 0 bridgehead atoms. The standard InChI is InChI=1S/C12H16N4O4/c17-12-7-10(15-3-5-19-6-4-15)16(18)9(12)2-1-8-11(12)14-20-13-8/h10,17H,1-7H2/t10-,12+/m1/s1. The summed E-state index contributed by atoms with van der Waals surface area (Å²) in [5, 5.41) is 31.1. The third-order valence-electron chi connectivity index (χ3n) is 4.51. The van der Waals surface area contributed by atoms with E-state index in [-0.39, 0.29) is 6.17 Å². The summed E-state index contributed by atoms with van der Waals surface area (Å²) in [7, 11) is 0. The van der Waals surface area contributed by atoms with Crippen molar-refractivity contribution in [2.45, 2.75) is 31.0 Å². The number of morpholine rings is 1. The van der Waals surface area contributed by atoms with Crippen molar-refractivity contribution < 1.29 is 19.2 Å². The average Bonchev–Trinajstić information content (AvgIpc) is 3.04. The lowest BCUT2D eigenvalue weighted by molar-refractivity contribution is -0.524. The molecule has 108 valence electrons. The van der Waals surface area contributed by atoms with Crippen LogP contribution in [0.15, 0.2) is 4.63 Å². The molecule has 1 N–H and O–H groups in total. The molecule has 20 heavy (non-hydrogen) atoms. The van der Waals surface area contributed by atoms with E-state index in [0.717, 1.165) is 4.74 Å². The number of hydrogen-bond donors (Lipinski definition) is 1. The van der Waals surface area contributed by atoms with Gasteiger partial charge in [0.25, 0.3) is 0 Å². The Kier molecular flexibility index (Phi) is 2.60. The van der Waals surface area contributed by atoms with Crippen molar-refractivity contribution in [2.24, 2.45) is 0 Å². The molecule has 0 amide bonds. The van der Waals surface area contributed by atoms with Crippen molar-refractivity contribution >= 4 is 5.71 Å². The highest BCUT2D eigenvalue weighted by atomic mass is 16.6. The molecular formula is C12H16N4O4. The molecule has 0 radical (unpaired) electrons. The molecule has 0 aromatic carbocycles. The average molecular weight is 280 g/mol. The van der Waals surface area contributed by atoms with Crippen molar-refractivity contribution in [3.05, 3.63) is 16.6 Å². The summed E-state index contributed by atoms with van der Waals surface area (Å²) >= 11 is 0. The highest BCUT2D eigenvalue weighted by molar-refractivity contribution is 5.91. The van der Waals surface area contributed by atoms with Gasteiger partial charge in [-0.15, -0.1) is 0 Å². The largest absolute Gasteiger partial charge is 0.623 e. The van der Waals surface area contributed by atoms with Crippen LogP contribution in [0, 0.1) is 5.21 Å². The molecule has 1 saturated heterocycles. The molecule has 1 fully saturated rings. The summed E-state index contributed by atoms with van der Waals surface area (Å²) in [5.41, 5.74) is 0.234. The Balaban J connectivity index is 1.71. The molecule has 8 nitrogen and oxygen atoms in total. The van der Waals surface area contributed by atoms with Crippen LogP contribution in [0.5, 0.6) is 0 Å². The second kappa shape index (κ2) is 4.24. The van der Waals surface area contributed by atoms with E-state index in [1.54, 1.807) is 0 Å². The van der Waals surface area contributed by atoms with Gasteiger partial charge in [0, 0.05) is 25.9 Å². The molecule has 8 heteroatoms. The minimum atomic E-state index is -1.32. The third-order valence-corrected chi connectivity index (χ3v) is 4.51. The van der Waals surface area contributed by atoms with Gasteiger partial charge < -0.3 is 15.1 Å². The van der Waals surface area contributed by atoms with Crippen molar-refractivity contribution in [1.82, 2.24) is 15.2 Å². The highest BCUT2D eigenvalue weighted by Crippen LogP contribution is 2.40. The van der Waals surface area contributed by atoms with Crippen LogP contribution in [-0.2, 0) is 16.8 Å². The minimum Gasteiger partial charge on any atom is -0.623 e. The van der Waals surface area contributed by atoms with Gasteiger partial charge in [0.05, 0.1) is 19.6 Å². The smallest absolute Gasteiger partial charge is 0.223 e. The maximum Gasteiger partial charge on any atom is 0.223 e. The van der Waals surface area contributed by atoms with E-state index in [0.29, 0.717) is 62.7 Å². The second-order valence-electron chi connectivity index (χ2n) is 5.53. The number of aryl methyl sites for hydroxylation is 1. The predicted molar refractivity (Wildman–Crippen MR) is 65.9 cm³/mol. The third kappa shape index (κ3) is 1.55. The highest BCUT2D eigenvalue weighted by Gasteiger charge is 2.57.